The lowest BCUT2D eigenvalue weighted by Gasteiger charge is -2.29. The first-order valence-corrected chi connectivity index (χ1v) is 4.65. The van der Waals surface area contributed by atoms with E-state index in [2.05, 4.69) is 25.3 Å². The van der Waals surface area contributed by atoms with E-state index >= 15 is 0 Å². The minimum absolute atomic E-state index is 0.164. The molecule has 1 atom stereocenters. The van der Waals surface area contributed by atoms with Gasteiger partial charge in [0.25, 0.3) is 0 Å². The Labute approximate surface area is 83.5 Å². The van der Waals surface area contributed by atoms with E-state index in [1.54, 1.807) is 0 Å². The Balaban J connectivity index is 4.15. The van der Waals surface area contributed by atoms with Gasteiger partial charge in [-0.05, 0) is 11.8 Å². The Kier molecular flexibility index (Phi) is 4.44. The zero-order chi connectivity index (χ0) is 9.94. The Bertz CT molecular complexity index is 171. The number of hydrogen-bond donors (Lipinski definition) is 4. The first kappa shape index (κ1) is 12.1. The van der Waals surface area contributed by atoms with Crippen LogP contribution in [0.25, 0.3) is 0 Å². The SMILES string of the molecule is CC(C)(CC(N)C(=O)O)C(S)S. The van der Waals surface area contributed by atoms with Crippen molar-refractivity contribution in [3.8, 4) is 0 Å². The van der Waals surface area contributed by atoms with Crippen LogP contribution in [0.5, 0.6) is 0 Å². The van der Waals surface area contributed by atoms with Gasteiger partial charge in [0.1, 0.15) is 6.04 Å². The summed E-state index contributed by atoms with van der Waals surface area (Å²) in [6.45, 7) is 3.78. The molecule has 3 nitrogen and oxygen atoms in total. The molecule has 0 radical (unpaired) electrons. The van der Waals surface area contributed by atoms with Crippen LogP contribution < -0.4 is 5.73 Å². The molecule has 0 aliphatic carbocycles. The maximum absolute atomic E-state index is 10.4. The number of nitrogens with two attached hydrogens (primary N) is 1. The molecule has 0 aromatic heterocycles. The van der Waals surface area contributed by atoms with Crippen molar-refractivity contribution in [1.82, 2.24) is 0 Å². The summed E-state index contributed by atoms with van der Waals surface area (Å²) in [7, 11) is 0. The molecule has 0 heterocycles. The van der Waals surface area contributed by atoms with Crippen LogP contribution in [0.2, 0.25) is 0 Å². The van der Waals surface area contributed by atoms with Crippen molar-refractivity contribution >= 4 is 31.2 Å². The van der Waals surface area contributed by atoms with E-state index in [1.807, 2.05) is 13.8 Å². The molecule has 0 saturated heterocycles. The van der Waals surface area contributed by atoms with E-state index in [4.69, 9.17) is 10.8 Å². The Morgan fingerprint density at radius 2 is 2.00 bits per heavy atom. The average Bonchev–Trinajstić information content (AvgIpc) is 1.85. The second-order valence-electron chi connectivity index (χ2n) is 3.51. The number of carboxylic acids is 1. The fourth-order valence-electron chi connectivity index (χ4n) is 0.760. The van der Waals surface area contributed by atoms with Gasteiger partial charge in [-0.1, -0.05) is 13.8 Å². The highest BCUT2D eigenvalue weighted by molar-refractivity contribution is 7.99. The van der Waals surface area contributed by atoms with Gasteiger partial charge in [0.15, 0.2) is 0 Å². The maximum Gasteiger partial charge on any atom is 0.320 e. The van der Waals surface area contributed by atoms with Crippen LogP contribution in [0.4, 0.5) is 0 Å². The molecule has 0 amide bonds. The molecule has 0 fully saturated rings. The zero-order valence-electron chi connectivity index (χ0n) is 7.19. The molecular weight excluding hydrogens is 194 g/mol. The fourth-order valence-corrected chi connectivity index (χ4v) is 0.970. The van der Waals surface area contributed by atoms with Crippen molar-refractivity contribution in [2.24, 2.45) is 11.1 Å². The minimum Gasteiger partial charge on any atom is -0.480 e. The molecule has 12 heavy (non-hydrogen) atoms. The Hall–Kier alpha value is 0.130. The van der Waals surface area contributed by atoms with E-state index in [0.717, 1.165) is 0 Å². The van der Waals surface area contributed by atoms with Crippen molar-refractivity contribution < 1.29 is 9.90 Å². The number of thiol groups is 2. The van der Waals surface area contributed by atoms with E-state index < -0.39 is 12.0 Å². The molecule has 5 heteroatoms. The Morgan fingerprint density at radius 3 is 2.25 bits per heavy atom. The van der Waals surface area contributed by atoms with E-state index in [9.17, 15) is 4.79 Å². The van der Waals surface area contributed by atoms with Crippen LogP contribution in [0.3, 0.4) is 0 Å². The summed E-state index contributed by atoms with van der Waals surface area (Å²) in [6.07, 6.45) is 0.375. The third-order valence-electron chi connectivity index (χ3n) is 1.76. The standard InChI is InChI=1S/C7H15NO2S2/c1-7(2,6(11)12)3-4(8)5(9)10/h4,6,11-12H,3,8H2,1-2H3,(H,9,10). The lowest BCUT2D eigenvalue weighted by Crippen LogP contribution is -2.37. The summed E-state index contributed by atoms with van der Waals surface area (Å²) < 4.78 is -0.164. The summed E-state index contributed by atoms with van der Waals surface area (Å²) in [6, 6.07) is -0.832. The molecule has 0 saturated carbocycles. The lowest BCUT2D eigenvalue weighted by molar-refractivity contribution is -0.139. The highest BCUT2D eigenvalue weighted by atomic mass is 32.2. The molecule has 0 bridgehead atoms. The van der Waals surface area contributed by atoms with Crippen molar-refractivity contribution in [2.45, 2.75) is 30.9 Å². The number of rotatable bonds is 4. The Morgan fingerprint density at radius 1 is 1.58 bits per heavy atom. The van der Waals surface area contributed by atoms with E-state index in [-0.39, 0.29) is 10.00 Å². The minimum atomic E-state index is -0.981. The molecule has 0 rings (SSSR count). The zero-order valence-corrected chi connectivity index (χ0v) is 8.98. The highest BCUT2D eigenvalue weighted by Crippen LogP contribution is 2.32. The monoisotopic (exact) mass is 209 g/mol. The van der Waals surface area contributed by atoms with Gasteiger partial charge in [-0.2, -0.15) is 25.3 Å². The predicted octanol–water partition coefficient (Wildman–Crippen LogP) is 1.00. The predicted molar refractivity (Wildman–Crippen MR) is 55.8 cm³/mol. The van der Waals surface area contributed by atoms with E-state index in [1.165, 1.54) is 0 Å². The van der Waals surface area contributed by atoms with Crippen molar-refractivity contribution in [3.05, 3.63) is 0 Å². The van der Waals surface area contributed by atoms with Gasteiger partial charge in [-0.3, -0.25) is 4.79 Å². The van der Waals surface area contributed by atoms with Gasteiger partial charge in [0.05, 0.1) is 0 Å². The first-order valence-electron chi connectivity index (χ1n) is 3.62. The van der Waals surface area contributed by atoms with Crippen molar-refractivity contribution in [1.29, 1.82) is 0 Å². The second kappa shape index (κ2) is 4.39. The van der Waals surface area contributed by atoms with Gasteiger partial charge in [-0.15, -0.1) is 0 Å². The van der Waals surface area contributed by atoms with Gasteiger partial charge >= 0.3 is 5.97 Å². The van der Waals surface area contributed by atoms with Crippen LogP contribution in [0.15, 0.2) is 0 Å². The van der Waals surface area contributed by atoms with Gasteiger partial charge in [0, 0.05) is 4.58 Å². The lowest BCUT2D eigenvalue weighted by atomic mass is 9.88. The van der Waals surface area contributed by atoms with Crippen LogP contribution in [0.1, 0.15) is 20.3 Å². The van der Waals surface area contributed by atoms with Crippen LogP contribution in [0, 0.1) is 5.41 Å². The van der Waals surface area contributed by atoms with Gasteiger partial charge < -0.3 is 10.8 Å². The topological polar surface area (TPSA) is 63.3 Å². The third-order valence-corrected chi connectivity index (χ3v) is 3.16. The molecule has 0 spiro atoms. The normalized spacial score (nSPS) is 14.8. The molecular formula is C7H15NO2S2. The summed E-state index contributed by atoms with van der Waals surface area (Å²) in [5.41, 5.74) is 5.10. The fraction of sp³-hybridized carbons (Fsp3) is 0.857. The summed E-state index contributed by atoms with van der Waals surface area (Å²) in [4.78, 5) is 10.4. The molecule has 0 aliphatic rings. The number of aliphatic carboxylic acids is 1. The number of carboxylic acid groups (broad SMARTS) is 1. The van der Waals surface area contributed by atoms with Crippen molar-refractivity contribution in [3.63, 3.8) is 0 Å². The summed E-state index contributed by atoms with van der Waals surface area (Å²) >= 11 is 8.27. The smallest absolute Gasteiger partial charge is 0.320 e. The number of hydrogen-bond acceptors (Lipinski definition) is 4. The van der Waals surface area contributed by atoms with Crippen LogP contribution in [-0.4, -0.2) is 21.7 Å². The van der Waals surface area contributed by atoms with Gasteiger partial charge in [0.2, 0.25) is 0 Å². The number of carbonyl (C=O) groups is 1. The van der Waals surface area contributed by atoms with E-state index in [0.29, 0.717) is 6.42 Å². The third kappa shape index (κ3) is 3.69. The molecule has 0 aromatic rings. The summed E-state index contributed by atoms with van der Waals surface area (Å²) in [5, 5.41) is 8.55. The van der Waals surface area contributed by atoms with Crippen LogP contribution in [-0.2, 0) is 4.79 Å². The maximum atomic E-state index is 10.4. The average molecular weight is 209 g/mol. The molecule has 0 aliphatic heterocycles. The van der Waals surface area contributed by atoms with Crippen molar-refractivity contribution in [2.75, 3.05) is 0 Å². The summed E-state index contributed by atoms with van der Waals surface area (Å²) in [5.74, 6) is -0.981. The molecule has 72 valence electrons. The first-order chi connectivity index (χ1) is 5.27. The molecule has 0 aromatic carbocycles. The molecule has 3 N–H and O–H groups in total. The highest BCUT2D eigenvalue weighted by Gasteiger charge is 2.29. The van der Waals surface area contributed by atoms with Crippen LogP contribution >= 0.6 is 25.3 Å². The second-order valence-corrected chi connectivity index (χ2v) is 4.95. The van der Waals surface area contributed by atoms with Gasteiger partial charge in [-0.25, -0.2) is 0 Å². The quantitative estimate of drug-likeness (QED) is 0.412. The largest absolute Gasteiger partial charge is 0.480 e. The molecule has 1 unspecified atom stereocenters.